The number of halogens is 1. The average Bonchev–Trinajstić information content (AvgIpc) is 2.84. The maximum absolute atomic E-state index is 5.80. The SMILES string of the molecule is Cc1cc(C#CCCl)ccc1OCCc1cnn(C)c1. The van der Waals surface area contributed by atoms with Gasteiger partial charge in [0.2, 0.25) is 0 Å². The number of nitrogens with zero attached hydrogens (tertiary/aromatic N) is 2. The summed E-state index contributed by atoms with van der Waals surface area (Å²) in [7, 11) is 1.91. The highest BCUT2D eigenvalue weighted by Crippen LogP contribution is 2.19. The normalized spacial score (nSPS) is 9.95. The second kappa shape index (κ2) is 7.02. The first-order valence-electron chi connectivity index (χ1n) is 6.45. The Hall–Kier alpha value is -1.92. The van der Waals surface area contributed by atoms with Gasteiger partial charge in [-0.25, -0.2) is 0 Å². The van der Waals surface area contributed by atoms with E-state index in [0.29, 0.717) is 12.5 Å². The fraction of sp³-hybridized carbons (Fsp3) is 0.312. The topological polar surface area (TPSA) is 27.1 Å². The summed E-state index contributed by atoms with van der Waals surface area (Å²) in [5.74, 6) is 7.09. The number of hydrogen-bond donors (Lipinski definition) is 0. The minimum absolute atomic E-state index is 0.350. The fourth-order valence-electron chi connectivity index (χ4n) is 1.90. The van der Waals surface area contributed by atoms with E-state index in [9.17, 15) is 0 Å². The fourth-order valence-corrected chi connectivity index (χ4v) is 1.97. The predicted molar refractivity (Wildman–Crippen MR) is 81.2 cm³/mol. The van der Waals surface area contributed by atoms with E-state index in [1.165, 1.54) is 5.56 Å². The van der Waals surface area contributed by atoms with E-state index in [1.54, 1.807) is 4.68 Å². The van der Waals surface area contributed by atoms with E-state index in [2.05, 4.69) is 16.9 Å². The van der Waals surface area contributed by atoms with E-state index >= 15 is 0 Å². The van der Waals surface area contributed by atoms with E-state index in [-0.39, 0.29) is 0 Å². The Bertz CT molecular complexity index is 637. The van der Waals surface area contributed by atoms with Gasteiger partial charge in [-0.1, -0.05) is 11.8 Å². The monoisotopic (exact) mass is 288 g/mol. The molecule has 0 fully saturated rings. The van der Waals surface area contributed by atoms with Crippen molar-refractivity contribution in [3.63, 3.8) is 0 Å². The van der Waals surface area contributed by atoms with Gasteiger partial charge >= 0.3 is 0 Å². The summed E-state index contributed by atoms with van der Waals surface area (Å²) in [6, 6.07) is 5.92. The number of hydrogen-bond acceptors (Lipinski definition) is 2. The lowest BCUT2D eigenvalue weighted by molar-refractivity contribution is 0.320. The number of aryl methyl sites for hydroxylation is 2. The van der Waals surface area contributed by atoms with Crippen LogP contribution in [0.3, 0.4) is 0 Å². The number of rotatable bonds is 4. The van der Waals surface area contributed by atoms with Crippen molar-refractivity contribution in [1.82, 2.24) is 9.78 Å². The Labute approximate surface area is 124 Å². The molecule has 104 valence electrons. The summed E-state index contributed by atoms with van der Waals surface area (Å²) in [4.78, 5) is 0. The van der Waals surface area contributed by atoms with Crippen molar-refractivity contribution in [2.75, 3.05) is 12.5 Å². The van der Waals surface area contributed by atoms with Crippen LogP contribution >= 0.6 is 11.6 Å². The summed E-state index contributed by atoms with van der Waals surface area (Å²) in [6.45, 7) is 2.66. The lowest BCUT2D eigenvalue weighted by Gasteiger charge is -2.08. The van der Waals surface area contributed by atoms with Gasteiger partial charge in [0.15, 0.2) is 0 Å². The van der Waals surface area contributed by atoms with Crippen LogP contribution in [0.5, 0.6) is 5.75 Å². The second-order valence-electron chi connectivity index (χ2n) is 4.54. The third-order valence-corrected chi connectivity index (χ3v) is 3.01. The zero-order valence-electron chi connectivity index (χ0n) is 11.7. The lowest BCUT2D eigenvalue weighted by Crippen LogP contribution is -2.02. The van der Waals surface area contributed by atoms with Gasteiger partial charge < -0.3 is 4.74 Å². The van der Waals surface area contributed by atoms with Crippen LogP contribution in [0.1, 0.15) is 16.7 Å². The van der Waals surface area contributed by atoms with Crippen LogP contribution in [-0.4, -0.2) is 22.3 Å². The van der Waals surface area contributed by atoms with Gasteiger partial charge in [0.05, 0.1) is 18.7 Å². The molecule has 0 spiro atoms. The van der Waals surface area contributed by atoms with E-state index in [1.807, 2.05) is 44.6 Å². The van der Waals surface area contributed by atoms with Gasteiger partial charge in [-0.2, -0.15) is 5.10 Å². The molecule has 0 amide bonds. The summed E-state index contributed by atoms with van der Waals surface area (Å²) in [5, 5.41) is 4.14. The van der Waals surface area contributed by atoms with Crippen molar-refractivity contribution in [3.05, 3.63) is 47.3 Å². The van der Waals surface area contributed by atoms with Crippen molar-refractivity contribution >= 4 is 11.6 Å². The lowest BCUT2D eigenvalue weighted by atomic mass is 10.1. The average molecular weight is 289 g/mol. The van der Waals surface area contributed by atoms with Crippen LogP contribution in [0.4, 0.5) is 0 Å². The van der Waals surface area contributed by atoms with Crippen molar-refractivity contribution in [1.29, 1.82) is 0 Å². The van der Waals surface area contributed by atoms with Crippen LogP contribution in [0.15, 0.2) is 30.6 Å². The standard InChI is InChI=1S/C16H17ClN2O/c1-13-10-14(4-3-8-17)5-6-16(13)20-9-7-15-11-18-19(2)12-15/h5-6,10-12H,7-9H2,1-2H3. The van der Waals surface area contributed by atoms with E-state index in [4.69, 9.17) is 16.3 Å². The minimum atomic E-state index is 0.350. The first-order chi connectivity index (χ1) is 9.69. The summed E-state index contributed by atoms with van der Waals surface area (Å²) < 4.78 is 7.59. The Kier molecular flexibility index (Phi) is 5.09. The maximum atomic E-state index is 5.80. The summed E-state index contributed by atoms with van der Waals surface area (Å²) in [5.41, 5.74) is 3.22. The molecule has 1 aromatic carbocycles. The molecule has 1 heterocycles. The number of aromatic nitrogens is 2. The second-order valence-corrected chi connectivity index (χ2v) is 4.80. The van der Waals surface area contributed by atoms with Crippen molar-refractivity contribution in [2.45, 2.75) is 13.3 Å². The molecular formula is C16H17ClN2O. The molecule has 2 aromatic rings. The first kappa shape index (κ1) is 14.5. The number of benzene rings is 1. The number of alkyl halides is 1. The Morgan fingerprint density at radius 2 is 2.25 bits per heavy atom. The third-order valence-electron chi connectivity index (χ3n) is 2.88. The van der Waals surface area contributed by atoms with Gasteiger partial charge in [0, 0.05) is 25.2 Å². The molecule has 0 bridgehead atoms. The molecule has 0 aliphatic rings. The first-order valence-corrected chi connectivity index (χ1v) is 6.98. The molecule has 0 saturated heterocycles. The van der Waals surface area contributed by atoms with Crippen LogP contribution < -0.4 is 4.74 Å². The van der Waals surface area contributed by atoms with Crippen LogP contribution in [0.2, 0.25) is 0 Å². The molecule has 1 aromatic heterocycles. The molecular weight excluding hydrogens is 272 g/mol. The van der Waals surface area contributed by atoms with Crippen molar-refractivity contribution in [3.8, 4) is 17.6 Å². The quantitative estimate of drug-likeness (QED) is 0.639. The van der Waals surface area contributed by atoms with Crippen LogP contribution in [0, 0.1) is 18.8 Å². The van der Waals surface area contributed by atoms with E-state index < -0.39 is 0 Å². The van der Waals surface area contributed by atoms with Crippen LogP contribution in [-0.2, 0) is 13.5 Å². The smallest absolute Gasteiger partial charge is 0.122 e. The molecule has 0 saturated carbocycles. The molecule has 0 aliphatic heterocycles. The van der Waals surface area contributed by atoms with Crippen molar-refractivity contribution < 1.29 is 4.74 Å². The van der Waals surface area contributed by atoms with Gasteiger partial charge in [0.1, 0.15) is 5.75 Å². The highest BCUT2D eigenvalue weighted by molar-refractivity contribution is 6.19. The molecule has 2 rings (SSSR count). The van der Waals surface area contributed by atoms with Crippen LogP contribution in [0.25, 0.3) is 0 Å². The summed E-state index contributed by atoms with van der Waals surface area (Å²) >= 11 is 5.55. The zero-order valence-corrected chi connectivity index (χ0v) is 12.4. The molecule has 0 N–H and O–H groups in total. The maximum Gasteiger partial charge on any atom is 0.122 e. The Balaban J connectivity index is 1.92. The predicted octanol–water partition coefficient (Wildman–Crippen LogP) is 2.94. The highest BCUT2D eigenvalue weighted by Gasteiger charge is 2.01. The molecule has 0 unspecified atom stereocenters. The zero-order chi connectivity index (χ0) is 14.4. The molecule has 0 aliphatic carbocycles. The highest BCUT2D eigenvalue weighted by atomic mass is 35.5. The van der Waals surface area contributed by atoms with E-state index in [0.717, 1.165) is 23.3 Å². The minimum Gasteiger partial charge on any atom is -0.493 e. The molecule has 0 atom stereocenters. The Morgan fingerprint density at radius 1 is 1.40 bits per heavy atom. The number of ether oxygens (including phenoxy) is 1. The van der Waals surface area contributed by atoms with Crippen molar-refractivity contribution in [2.24, 2.45) is 7.05 Å². The molecule has 4 heteroatoms. The summed E-state index contributed by atoms with van der Waals surface area (Å²) in [6.07, 6.45) is 4.71. The van der Waals surface area contributed by atoms with Gasteiger partial charge in [-0.15, -0.1) is 11.6 Å². The van der Waals surface area contributed by atoms with Gasteiger partial charge in [-0.05, 0) is 36.2 Å². The Morgan fingerprint density at radius 3 is 2.90 bits per heavy atom. The van der Waals surface area contributed by atoms with Gasteiger partial charge in [0.25, 0.3) is 0 Å². The molecule has 20 heavy (non-hydrogen) atoms. The third kappa shape index (κ3) is 4.04. The largest absolute Gasteiger partial charge is 0.493 e. The van der Waals surface area contributed by atoms with Gasteiger partial charge in [-0.3, -0.25) is 4.68 Å². The molecule has 0 radical (unpaired) electrons. The molecule has 3 nitrogen and oxygen atoms in total.